The molecule has 1 aliphatic carbocycles. The number of hydrogen-bond donors (Lipinski definition) is 1. The Kier molecular flexibility index (Phi) is 6.01. The SMILES string of the molecule is CCNc1nc(CCN(C)C)nc(C2CCCC2)c1I. The lowest BCUT2D eigenvalue weighted by molar-refractivity contribution is 0.409. The summed E-state index contributed by atoms with van der Waals surface area (Å²) in [6.45, 7) is 4.02. The molecular formula is C15H25IN4. The van der Waals surface area contributed by atoms with E-state index in [9.17, 15) is 0 Å². The van der Waals surface area contributed by atoms with Gasteiger partial charge >= 0.3 is 0 Å². The van der Waals surface area contributed by atoms with Gasteiger partial charge in [0.05, 0.1) is 9.26 Å². The van der Waals surface area contributed by atoms with E-state index in [4.69, 9.17) is 9.97 Å². The predicted molar refractivity (Wildman–Crippen MR) is 92.4 cm³/mol. The van der Waals surface area contributed by atoms with E-state index >= 15 is 0 Å². The van der Waals surface area contributed by atoms with Crippen LogP contribution in [0.25, 0.3) is 0 Å². The molecule has 1 N–H and O–H groups in total. The maximum absolute atomic E-state index is 4.88. The second-order valence-electron chi connectivity index (χ2n) is 5.75. The highest BCUT2D eigenvalue weighted by molar-refractivity contribution is 14.1. The molecule has 0 unspecified atom stereocenters. The molecule has 0 aromatic carbocycles. The normalized spacial score (nSPS) is 16.1. The van der Waals surface area contributed by atoms with Gasteiger partial charge in [0.2, 0.25) is 0 Å². The summed E-state index contributed by atoms with van der Waals surface area (Å²) >= 11 is 2.41. The van der Waals surface area contributed by atoms with Crippen molar-refractivity contribution in [2.45, 2.75) is 44.9 Å². The Bertz CT molecular complexity index is 442. The maximum atomic E-state index is 4.88. The van der Waals surface area contributed by atoms with Gasteiger partial charge in [-0.15, -0.1) is 0 Å². The molecule has 2 rings (SSSR count). The summed E-state index contributed by atoms with van der Waals surface area (Å²) < 4.78 is 1.23. The molecule has 20 heavy (non-hydrogen) atoms. The summed E-state index contributed by atoms with van der Waals surface area (Å²) in [4.78, 5) is 11.8. The minimum atomic E-state index is 0.639. The Labute approximate surface area is 135 Å². The second kappa shape index (κ2) is 7.54. The van der Waals surface area contributed by atoms with Crippen LogP contribution in [0.15, 0.2) is 0 Å². The molecule has 1 aromatic heterocycles. The molecule has 0 radical (unpaired) electrons. The molecule has 4 nitrogen and oxygen atoms in total. The van der Waals surface area contributed by atoms with E-state index in [-0.39, 0.29) is 0 Å². The number of nitrogens with zero attached hydrogens (tertiary/aromatic N) is 3. The zero-order valence-corrected chi connectivity index (χ0v) is 14.9. The number of halogens is 1. The number of nitrogens with one attached hydrogen (secondary N) is 1. The number of rotatable bonds is 6. The van der Waals surface area contributed by atoms with Gasteiger partial charge in [-0.3, -0.25) is 0 Å². The third kappa shape index (κ3) is 4.04. The number of anilines is 1. The Morgan fingerprint density at radius 3 is 2.55 bits per heavy atom. The van der Waals surface area contributed by atoms with Gasteiger partial charge in [0.1, 0.15) is 11.6 Å². The van der Waals surface area contributed by atoms with E-state index < -0.39 is 0 Å². The monoisotopic (exact) mass is 388 g/mol. The highest BCUT2D eigenvalue weighted by Crippen LogP contribution is 2.36. The minimum Gasteiger partial charge on any atom is -0.369 e. The predicted octanol–water partition coefficient (Wildman–Crippen LogP) is 3.27. The molecular weight excluding hydrogens is 363 g/mol. The van der Waals surface area contributed by atoms with Gasteiger partial charge in [0, 0.05) is 25.4 Å². The number of likely N-dealkylation sites (N-methyl/N-ethyl adjacent to an activating group) is 1. The van der Waals surface area contributed by atoms with Crippen molar-refractivity contribution in [1.29, 1.82) is 0 Å². The Morgan fingerprint density at radius 2 is 1.95 bits per heavy atom. The average Bonchev–Trinajstić information content (AvgIpc) is 2.93. The summed E-state index contributed by atoms with van der Waals surface area (Å²) in [5.74, 6) is 2.65. The fraction of sp³-hybridized carbons (Fsp3) is 0.733. The van der Waals surface area contributed by atoms with Crippen LogP contribution in [0.1, 0.15) is 50.0 Å². The first-order valence-corrected chi connectivity index (χ1v) is 8.64. The molecule has 1 fully saturated rings. The molecule has 112 valence electrons. The summed E-state index contributed by atoms with van der Waals surface area (Å²) in [6.07, 6.45) is 6.17. The van der Waals surface area contributed by atoms with Crippen molar-refractivity contribution in [3.63, 3.8) is 0 Å². The first kappa shape index (κ1) is 15.9. The van der Waals surface area contributed by atoms with Crippen LogP contribution in [0, 0.1) is 3.57 Å². The van der Waals surface area contributed by atoms with Gasteiger partial charge in [-0.05, 0) is 56.5 Å². The van der Waals surface area contributed by atoms with Crippen LogP contribution in [-0.2, 0) is 6.42 Å². The molecule has 0 bridgehead atoms. The van der Waals surface area contributed by atoms with E-state index in [1.54, 1.807) is 0 Å². The fourth-order valence-electron chi connectivity index (χ4n) is 2.70. The van der Waals surface area contributed by atoms with Crippen LogP contribution >= 0.6 is 22.6 Å². The van der Waals surface area contributed by atoms with Crippen LogP contribution < -0.4 is 5.32 Å². The molecule has 0 spiro atoms. The highest BCUT2D eigenvalue weighted by Gasteiger charge is 2.23. The average molecular weight is 388 g/mol. The maximum Gasteiger partial charge on any atom is 0.143 e. The van der Waals surface area contributed by atoms with E-state index in [1.807, 2.05) is 0 Å². The highest BCUT2D eigenvalue weighted by atomic mass is 127. The first-order valence-electron chi connectivity index (χ1n) is 7.56. The van der Waals surface area contributed by atoms with Gasteiger partial charge < -0.3 is 10.2 Å². The fourth-order valence-corrected chi connectivity index (χ4v) is 3.57. The third-order valence-corrected chi connectivity index (χ3v) is 4.86. The van der Waals surface area contributed by atoms with Crippen LogP contribution in [0.4, 0.5) is 5.82 Å². The van der Waals surface area contributed by atoms with Crippen LogP contribution in [0.3, 0.4) is 0 Å². The Hall–Kier alpha value is -0.430. The summed E-state index contributed by atoms with van der Waals surface area (Å²) in [7, 11) is 4.19. The minimum absolute atomic E-state index is 0.639. The lowest BCUT2D eigenvalue weighted by Gasteiger charge is -2.17. The Morgan fingerprint density at radius 1 is 1.25 bits per heavy atom. The summed E-state index contributed by atoms with van der Waals surface area (Å²) in [6, 6.07) is 0. The third-order valence-electron chi connectivity index (χ3n) is 3.79. The van der Waals surface area contributed by atoms with Crippen molar-refractivity contribution in [3.05, 3.63) is 15.1 Å². The molecule has 5 heteroatoms. The molecule has 0 atom stereocenters. The van der Waals surface area contributed by atoms with Gasteiger partial charge in [-0.1, -0.05) is 12.8 Å². The van der Waals surface area contributed by atoms with E-state index in [0.717, 1.165) is 31.2 Å². The van der Waals surface area contributed by atoms with E-state index in [2.05, 4.69) is 53.8 Å². The second-order valence-corrected chi connectivity index (χ2v) is 6.83. The lowest BCUT2D eigenvalue weighted by atomic mass is 10.0. The number of hydrogen-bond acceptors (Lipinski definition) is 4. The molecule has 1 aromatic rings. The van der Waals surface area contributed by atoms with Crippen LogP contribution in [0.2, 0.25) is 0 Å². The molecule has 1 aliphatic rings. The van der Waals surface area contributed by atoms with Gasteiger partial charge in [-0.2, -0.15) is 0 Å². The van der Waals surface area contributed by atoms with Gasteiger partial charge in [0.15, 0.2) is 0 Å². The van der Waals surface area contributed by atoms with Crippen LogP contribution in [-0.4, -0.2) is 42.1 Å². The van der Waals surface area contributed by atoms with Crippen molar-refractivity contribution in [1.82, 2.24) is 14.9 Å². The topological polar surface area (TPSA) is 41.1 Å². The van der Waals surface area contributed by atoms with Gasteiger partial charge in [0.25, 0.3) is 0 Å². The van der Waals surface area contributed by atoms with Crippen molar-refractivity contribution in [2.75, 3.05) is 32.5 Å². The zero-order valence-electron chi connectivity index (χ0n) is 12.7. The molecule has 1 saturated carbocycles. The van der Waals surface area contributed by atoms with Crippen LogP contribution in [0.5, 0.6) is 0 Å². The van der Waals surface area contributed by atoms with Crippen molar-refractivity contribution < 1.29 is 0 Å². The zero-order chi connectivity index (χ0) is 14.5. The smallest absolute Gasteiger partial charge is 0.143 e. The quantitative estimate of drug-likeness (QED) is 0.760. The Balaban J connectivity index is 2.27. The molecule has 0 aliphatic heterocycles. The van der Waals surface area contributed by atoms with Crippen molar-refractivity contribution in [2.24, 2.45) is 0 Å². The van der Waals surface area contributed by atoms with Crippen molar-refractivity contribution >= 4 is 28.4 Å². The van der Waals surface area contributed by atoms with E-state index in [0.29, 0.717) is 5.92 Å². The van der Waals surface area contributed by atoms with Gasteiger partial charge in [-0.25, -0.2) is 9.97 Å². The molecule has 1 heterocycles. The summed E-state index contributed by atoms with van der Waals surface area (Å²) in [5, 5.41) is 3.40. The van der Waals surface area contributed by atoms with E-state index in [1.165, 1.54) is 34.9 Å². The summed E-state index contributed by atoms with van der Waals surface area (Å²) in [5.41, 5.74) is 1.28. The first-order chi connectivity index (χ1) is 9.61. The molecule has 0 amide bonds. The number of aromatic nitrogens is 2. The lowest BCUT2D eigenvalue weighted by Crippen LogP contribution is -2.18. The van der Waals surface area contributed by atoms with Crippen molar-refractivity contribution in [3.8, 4) is 0 Å². The largest absolute Gasteiger partial charge is 0.369 e. The molecule has 0 saturated heterocycles. The standard InChI is InChI=1S/C15H25IN4/c1-4-17-15-13(16)14(11-7-5-6-8-11)18-12(19-15)9-10-20(2)3/h11H,4-10H2,1-3H3,(H,17,18,19).